The maximum atomic E-state index is 12.4. The van der Waals surface area contributed by atoms with E-state index >= 15 is 0 Å². The van der Waals surface area contributed by atoms with Gasteiger partial charge in [-0.15, -0.1) is 0 Å². The predicted molar refractivity (Wildman–Crippen MR) is 87.7 cm³/mol. The van der Waals surface area contributed by atoms with Crippen molar-refractivity contribution in [2.24, 2.45) is 0 Å². The molecule has 0 aromatic heterocycles. The molecule has 2 heterocycles. The van der Waals surface area contributed by atoms with Crippen LogP contribution in [0.25, 0.3) is 0 Å². The van der Waals surface area contributed by atoms with Gasteiger partial charge in [0.25, 0.3) is 0 Å². The molecule has 2 aliphatic heterocycles. The fraction of sp³-hybridized carbons (Fsp3) is 0.588. The number of amides is 2. The predicted octanol–water partition coefficient (Wildman–Crippen LogP) is 2.09. The van der Waals surface area contributed by atoms with E-state index in [1.165, 1.54) is 0 Å². The Morgan fingerprint density at radius 2 is 2.17 bits per heavy atom. The Labute approximate surface area is 137 Å². The topological polar surface area (TPSA) is 62.8 Å². The highest BCUT2D eigenvalue weighted by Gasteiger charge is 2.23. The van der Waals surface area contributed by atoms with Crippen molar-refractivity contribution in [3.8, 4) is 11.5 Å². The molecule has 0 aliphatic carbocycles. The summed E-state index contributed by atoms with van der Waals surface area (Å²) < 4.78 is 10.7. The number of urea groups is 1. The molecule has 0 unspecified atom stereocenters. The molecule has 0 saturated carbocycles. The lowest BCUT2D eigenvalue weighted by Crippen LogP contribution is -2.52. The van der Waals surface area contributed by atoms with Crippen LogP contribution in [0.5, 0.6) is 11.5 Å². The first-order chi connectivity index (χ1) is 11.1. The molecule has 1 aromatic carbocycles. The zero-order valence-corrected chi connectivity index (χ0v) is 13.8. The van der Waals surface area contributed by atoms with E-state index in [9.17, 15) is 4.79 Å². The van der Waals surface area contributed by atoms with E-state index in [4.69, 9.17) is 9.47 Å². The first kappa shape index (κ1) is 15.9. The van der Waals surface area contributed by atoms with Crippen molar-refractivity contribution < 1.29 is 14.3 Å². The SMILES string of the molecule is CC(C)N[C@@H]1CCCN(C(=O)NCc2ccc3c(c2)OCO3)C1. The summed E-state index contributed by atoms with van der Waals surface area (Å²) in [6.07, 6.45) is 2.17. The second-order valence-electron chi connectivity index (χ2n) is 6.45. The average Bonchev–Trinajstić information content (AvgIpc) is 3.00. The minimum Gasteiger partial charge on any atom is -0.454 e. The second-order valence-corrected chi connectivity index (χ2v) is 6.45. The number of hydrogen-bond donors (Lipinski definition) is 2. The number of piperidine rings is 1. The molecule has 23 heavy (non-hydrogen) atoms. The number of likely N-dealkylation sites (tertiary alicyclic amines) is 1. The van der Waals surface area contributed by atoms with Gasteiger partial charge in [0.1, 0.15) is 0 Å². The number of nitrogens with zero attached hydrogens (tertiary/aromatic N) is 1. The number of fused-ring (bicyclic) bond motifs is 1. The summed E-state index contributed by atoms with van der Waals surface area (Å²) in [5, 5.41) is 6.51. The average molecular weight is 319 g/mol. The fourth-order valence-corrected chi connectivity index (χ4v) is 3.11. The van der Waals surface area contributed by atoms with Gasteiger partial charge < -0.3 is 25.0 Å². The van der Waals surface area contributed by atoms with Gasteiger partial charge in [0.2, 0.25) is 6.79 Å². The molecular weight excluding hydrogens is 294 g/mol. The minimum atomic E-state index is -0.00192. The highest BCUT2D eigenvalue weighted by molar-refractivity contribution is 5.74. The largest absolute Gasteiger partial charge is 0.454 e. The van der Waals surface area contributed by atoms with Crippen LogP contribution in [0.2, 0.25) is 0 Å². The summed E-state index contributed by atoms with van der Waals surface area (Å²) in [6.45, 7) is 6.63. The van der Waals surface area contributed by atoms with Crippen LogP contribution in [0.4, 0.5) is 4.79 Å². The van der Waals surface area contributed by atoms with Gasteiger partial charge in [-0.1, -0.05) is 19.9 Å². The van der Waals surface area contributed by atoms with Crippen molar-refractivity contribution in [2.45, 2.75) is 45.3 Å². The van der Waals surface area contributed by atoms with Crippen molar-refractivity contribution in [1.29, 1.82) is 0 Å². The van der Waals surface area contributed by atoms with E-state index in [2.05, 4.69) is 24.5 Å². The minimum absolute atomic E-state index is 0.00192. The maximum Gasteiger partial charge on any atom is 0.317 e. The van der Waals surface area contributed by atoms with Crippen LogP contribution < -0.4 is 20.1 Å². The van der Waals surface area contributed by atoms with Gasteiger partial charge in [0, 0.05) is 31.7 Å². The zero-order valence-electron chi connectivity index (χ0n) is 13.8. The molecule has 2 N–H and O–H groups in total. The lowest BCUT2D eigenvalue weighted by atomic mass is 10.1. The van der Waals surface area contributed by atoms with Gasteiger partial charge in [-0.05, 0) is 30.5 Å². The third-order valence-corrected chi connectivity index (χ3v) is 4.16. The van der Waals surface area contributed by atoms with Crippen molar-refractivity contribution in [3.63, 3.8) is 0 Å². The van der Waals surface area contributed by atoms with Crippen molar-refractivity contribution in [3.05, 3.63) is 23.8 Å². The monoisotopic (exact) mass is 319 g/mol. The Morgan fingerprint density at radius 1 is 1.35 bits per heavy atom. The molecule has 1 fully saturated rings. The Bertz CT molecular complexity index is 562. The second kappa shape index (κ2) is 7.08. The highest BCUT2D eigenvalue weighted by atomic mass is 16.7. The molecule has 6 nitrogen and oxygen atoms in total. The number of carbonyl (C=O) groups excluding carboxylic acids is 1. The summed E-state index contributed by atoms with van der Waals surface area (Å²) in [6, 6.07) is 6.58. The third-order valence-electron chi connectivity index (χ3n) is 4.16. The van der Waals surface area contributed by atoms with E-state index < -0.39 is 0 Å². The van der Waals surface area contributed by atoms with Gasteiger partial charge in [-0.2, -0.15) is 0 Å². The number of ether oxygens (including phenoxy) is 2. The number of nitrogens with one attached hydrogen (secondary N) is 2. The van der Waals surface area contributed by atoms with E-state index in [-0.39, 0.29) is 12.8 Å². The molecule has 0 spiro atoms. The lowest BCUT2D eigenvalue weighted by molar-refractivity contribution is 0.170. The van der Waals surface area contributed by atoms with E-state index in [0.717, 1.165) is 43.0 Å². The summed E-state index contributed by atoms with van der Waals surface area (Å²) in [5.74, 6) is 1.51. The van der Waals surface area contributed by atoms with Gasteiger partial charge in [0.15, 0.2) is 11.5 Å². The zero-order chi connectivity index (χ0) is 16.2. The van der Waals surface area contributed by atoms with Crippen LogP contribution in [-0.2, 0) is 6.54 Å². The molecule has 1 aromatic rings. The third kappa shape index (κ3) is 4.07. The number of carbonyl (C=O) groups is 1. The van der Waals surface area contributed by atoms with Gasteiger partial charge in [0.05, 0.1) is 0 Å². The Kier molecular flexibility index (Phi) is 4.91. The van der Waals surface area contributed by atoms with Crippen LogP contribution in [0, 0.1) is 0 Å². The molecule has 1 atom stereocenters. The quantitative estimate of drug-likeness (QED) is 0.892. The first-order valence-electron chi connectivity index (χ1n) is 8.29. The van der Waals surface area contributed by atoms with Crippen molar-refractivity contribution in [2.75, 3.05) is 19.9 Å². The number of benzene rings is 1. The summed E-state index contributed by atoms with van der Waals surface area (Å²) in [4.78, 5) is 14.3. The van der Waals surface area contributed by atoms with E-state index in [0.29, 0.717) is 18.6 Å². The van der Waals surface area contributed by atoms with Crippen molar-refractivity contribution in [1.82, 2.24) is 15.5 Å². The fourth-order valence-electron chi connectivity index (χ4n) is 3.11. The Hall–Kier alpha value is -1.95. The number of hydrogen-bond acceptors (Lipinski definition) is 4. The standard InChI is InChI=1S/C17H25N3O3/c1-12(2)19-14-4-3-7-20(10-14)17(21)18-9-13-5-6-15-16(8-13)23-11-22-15/h5-6,8,12,14,19H,3-4,7,9-11H2,1-2H3,(H,18,21)/t14-/m1/s1. The Balaban J connectivity index is 1.51. The maximum absolute atomic E-state index is 12.4. The van der Waals surface area contributed by atoms with E-state index in [1.54, 1.807) is 0 Å². The molecule has 0 radical (unpaired) electrons. The van der Waals surface area contributed by atoms with Crippen LogP contribution in [0.3, 0.4) is 0 Å². The molecule has 0 bridgehead atoms. The van der Waals surface area contributed by atoms with Gasteiger partial charge >= 0.3 is 6.03 Å². The summed E-state index contributed by atoms with van der Waals surface area (Å²) >= 11 is 0. The van der Waals surface area contributed by atoms with E-state index in [1.807, 2.05) is 23.1 Å². The van der Waals surface area contributed by atoms with Crippen molar-refractivity contribution >= 4 is 6.03 Å². The molecule has 2 amide bonds. The molecule has 1 saturated heterocycles. The molecule has 6 heteroatoms. The van der Waals surface area contributed by atoms with Crippen LogP contribution in [-0.4, -0.2) is 42.9 Å². The first-order valence-corrected chi connectivity index (χ1v) is 8.29. The van der Waals surface area contributed by atoms with Crippen LogP contribution >= 0.6 is 0 Å². The van der Waals surface area contributed by atoms with Gasteiger partial charge in [-0.25, -0.2) is 4.79 Å². The van der Waals surface area contributed by atoms with Gasteiger partial charge in [-0.3, -0.25) is 0 Å². The normalized spacial score (nSPS) is 20.0. The summed E-state index contributed by atoms with van der Waals surface area (Å²) in [7, 11) is 0. The smallest absolute Gasteiger partial charge is 0.317 e. The molecule has 126 valence electrons. The summed E-state index contributed by atoms with van der Waals surface area (Å²) in [5.41, 5.74) is 1.01. The molecular formula is C17H25N3O3. The van der Waals surface area contributed by atoms with Crippen LogP contribution in [0.15, 0.2) is 18.2 Å². The highest BCUT2D eigenvalue weighted by Crippen LogP contribution is 2.32. The lowest BCUT2D eigenvalue weighted by Gasteiger charge is -2.34. The Morgan fingerprint density at radius 3 is 3.00 bits per heavy atom. The van der Waals surface area contributed by atoms with Crippen LogP contribution in [0.1, 0.15) is 32.3 Å². The number of rotatable bonds is 4. The molecule has 2 aliphatic rings. The molecule has 3 rings (SSSR count).